The van der Waals surface area contributed by atoms with Crippen molar-refractivity contribution in [2.45, 2.75) is 123 Å². The van der Waals surface area contributed by atoms with Gasteiger partial charge in [0.15, 0.2) is 5.75 Å². The molecule has 0 aliphatic heterocycles. The third-order valence-corrected chi connectivity index (χ3v) is 7.12. The molecule has 0 atom stereocenters. The number of ether oxygens (including phenoxy) is 1. The fourth-order valence-electron chi connectivity index (χ4n) is 4.60. The van der Waals surface area contributed by atoms with E-state index >= 15 is 0 Å². The summed E-state index contributed by atoms with van der Waals surface area (Å²) in [5.41, 5.74) is 1.44. The van der Waals surface area contributed by atoms with E-state index in [1.165, 1.54) is 96.0 Å². The van der Waals surface area contributed by atoms with Gasteiger partial charge in [0, 0.05) is 23.3 Å². The Labute approximate surface area is 224 Å². The van der Waals surface area contributed by atoms with Gasteiger partial charge in [-0.2, -0.15) is 0 Å². The van der Waals surface area contributed by atoms with Gasteiger partial charge in [0.1, 0.15) is 0 Å². The van der Waals surface area contributed by atoms with Crippen molar-refractivity contribution in [2.24, 2.45) is 0 Å². The first-order valence-electron chi connectivity index (χ1n) is 14.4. The van der Waals surface area contributed by atoms with Crippen LogP contribution in [0.25, 0.3) is 0 Å². The second kappa shape index (κ2) is 19.3. The lowest BCUT2D eigenvalue weighted by molar-refractivity contribution is 0.267. The minimum atomic E-state index is -0.192. The van der Waals surface area contributed by atoms with Crippen molar-refractivity contribution < 1.29 is 9.84 Å². The zero-order valence-corrected chi connectivity index (χ0v) is 23.2. The van der Waals surface area contributed by atoms with E-state index in [0.717, 1.165) is 18.4 Å². The Bertz CT molecular complexity index is 878. The van der Waals surface area contributed by atoms with Crippen LogP contribution in [0.1, 0.15) is 121 Å². The monoisotopic (exact) mass is 517 g/mol. The lowest BCUT2D eigenvalue weighted by Gasteiger charge is -2.14. The molecule has 0 saturated heterocycles. The number of hydrogen-bond acceptors (Lipinski definition) is 3. The molecular formula is C31H48ClNO3. The largest absolute Gasteiger partial charge is 0.488 e. The van der Waals surface area contributed by atoms with Crippen LogP contribution in [0.4, 0.5) is 0 Å². The second-order valence-corrected chi connectivity index (χ2v) is 10.5. The summed E-state index contributed by atoms with van der Waals surface area (Å²) in [6, 6.07) is 9.04. The van der Waals surface area contributed by atoms with Crippen molar-refractivity contribution in [1.29, 1.82) is 0 Å². The number of rotatable bonds is 21. The molecule has 0 aliphatic carbocycles. The fraction of sp³-hybridized carbons (Fsp3) is 0.645. The summed E-state index contributed by atoms with van der Waals surface area (Å²) < 4.78 is 7.69. The van der Waals surface area contributed by atoms with Gasteiger partial charge in [-0.3, -0.25) is 4.79 Å². The third kappa shape index (κ3) is 13.0. The topological polar surface area (TPSA) is 51.5 Å². The number of unbranched alkanes of at least 4 members (excludes halogenated alkanes) is 15. The Balaban J connectivity index is 1.54. The van der Waals surface area contributed by atoms with Gasteiger partial charge in [-0.05, 0) is 24.1 Å². The molecule has 0 spiro atoms. The molecule has 36 heavy (non-hydrogen) atoms. The highest BCUT2D eigenvalue weighted by atomic mass is 35.5. The number of aliphatic hydroxyl groups is 1. The Morgan fingerprint density at radius 1 is 0.778 bits per heavy atom. The second-order valence-electron chi connectivity index (χ2n) is 10.1. The average molecular weight is 518 g/mol. The van der Waals surface area contributed by atoms with Gasteiger partial charge in [0.2, 0.25) is 5.43 Å². The zero-order chi connectivity index (χ0) is 25.8. The molecule has 0 aliphatic rings. The number of halogens is 1. The molecule has 0 saturated carbocycles. The fourth-order valence-corrected chi connectivity index (χ4v) is 4.73. The first-order chi connectivity index (χ1) is 17.6. The first kappa shape index (κ1) is 30.4. The number of aromatic nitrogens is 1. The lowest BCUT2D eigenvalue weighted by atomic mass is 10.0. The molecule has 5 heteroatoms. The molecule has 0 unspecified atom stereocenters. The van der Waals surface area contributed by atoms with Crippen LogP contribution in [0.3, 0.4) is 0 Å². The van der Waals surface area contributed by atoms with Gasteiger partial charge in [-0.25, -0.2) is 0 Å². The van der Waals surface area contributed by atoms with Gasteiger partial charge in [0.25, 0.3) is 0 Å². The highest BCUT2D eigenvalue weighted by molar-refractivity contribution is 6.30. The normalized spacial score (nSPS) is 11.2. The summed E-state index contributed by atoms with van der Waals surface area (Å²) in [6.07, 6.45) is 23.0. The van der Waals surface area contributed by atoms with Crippen molar-refractivity contribution >= 4 is 11.6 Å². The number of nitrogens with zero attached hydrogens (tertiary/aromatic N) is 1. The molecule has 1 aromatic carbocycles. The predicted molar refractivity (Wildman–Crippen MR) is 152 cm³/mol. The van der Waals surface area contributed by atoms with E-state index in [0.29, 0.717) is 29.6 Å². The molecule has 1 heterocycles. The predicted octanol–water partition coefficient (Wildman–Crippen LogP) is 8.68. The minimum absolute atomic E-state index is 0.178. The number of pyridine rings is 1. The Morgan fingerprint density at radius 3 is 1.78 bits per heavy atom. The molecule has 202 valence electrons. The maximum absolute atomic E-state index is 12.4. The number of aliphatic hydroxyl groups excluding tert-OH is 1. The smallest absolute Gasteiger partial charge is 0.223 e. The molecule has 1 N–H and O–H groups in total. The van der Waals surface area contributed by atoms with Crippen LogP contribution in [0, 0.1) is 0 Å². The van der Waals surface area contributed by atoms with Gasteiger partial charge in [-0.1, -0.05) is 127 Å². The third-order valence-electron chi connectivity index (χ3n) is 6.87. The van der Waals surface area contributed by atoms with Crippen LogP contribution in [-0.4, -0.2) is 16.3 Å². The van der Waals surface area contributed by atoms with E-state index in [1.54, 1.807) is 6.20 Å². The van der Waals surface area contributed by atoms with Gasteiger partial charge < -0.3 is 14.4 Å². The van der Waals surface area contributed by atoms with Crippen LogP contribution < -0.4 is 10.2 Å². The molecule has 2 rings (SSSR count). The minimum Gasteiger partial charge on any atom is -0.488 e. The van der Waals surface area contributed by atoms with Crippen LogP contribution in [0.5, 0.6) is 5.75 Å². The van der Waals surface area contributed by atoms with Crippen molar-refractivity contribution in [3.8, 4) is 5.75 Å². The van der Waals surface area contributed by atoms with Gasteiger partial charge in [-0.15, -0.1) is 0 Å². The molecule has 0 radical (unpaired) electrons. The van der Waals surface area contributed by atoms with Crippen molar-refractivity contribution in [3.05, 3.63) is 63.0 Å². The van der Waals surface area contributed by atoms with Gasteiger partial charge >= 0.3 is 0 Å². The lowest BCUT2D eigenvalue weighted by Crippen LogP contribution is -2.16. The maximum Gasteiger partial charge on any atom is 0.223 e. The SMILES string of the molecule is CCCCCCCCCCCCCCCCCCOc1cn(Cc2ccc(Cl)cc2)c(CO)cc1=O. The van der Waals surface area contributed by atoms with E-state index in [9.17, 15) is 9.90 Å². The Morgan fingerprint density at radius 2 is 1.28 bits per heavy atom. The summed E-state index contributed by atoms with van der Waals surface area (Å²) in [4.78, 5) is 12.4. The summed E-state index contributed by atoms with van der Waals surface area (Å²) in [6.45, 7) is 3.18. The first-order valence-corrected chi connectivity index (χ1v) is 14.7. The average Bonchev–Trinajstić information content (AvgIpc) is 2.88. The van der Waals surface area contributed by atoms with E-state index in [-0.39, 0.29) is 12.0 Å². The highest BCUT2D eigenvalue weighted by Crippen LogP contribution is 2.16. The number of hydrogen-bond donors (Lipinski definition) is 1. The Kier molecular flexibility index (Phi) is 16.4. The standard InChI is InChI=1S/C31H48ClNO3/c1-2-3-4-5-6-7-8-9-10-11-12-13-14-15-16-17-22-36-31-25-33(29(26-34)23-30(31)35)24-27-18-20-28(32)21-19-27/h18-21,23,25,34H,2-17,22,24,26H2,1H3. The summed E-state index contributed by atoms with van der Waals surface area (Å²) in [5.74, 6) is 0.349. The summed E-state index contributed by atoms with van der Waals surface area (Å²) in [7, 11) is 0. The van der Waals surface area contributed by atoms with Crippen molar-refractivity contribution in [2.75, 3.05) is 6.61 Å². The van der Waals surface area contributed by atoms with Crippen LogP contribution in [0.15, 0.2) is 41.3 Å². The summed E-state index contributed by atoms with van der Waals surface area (Å²) >= 11 is 5.97. The molecule has 0 bridgehead atoms. The van der Waals surface area contributed by atoms with Crippen LogP contribution >= 0.6 is 11.6 Å². The quantitative estimate of drug-likeness (QED) is 0.168. The Hall–Kier alpha value is -1.78. The van der Waals surface area contributed by atoms with Crippen LogP contribution in [-0.2, 0) is 13.2 Å². The van der Waals surface area contributed by atoms with E-state index in [2.05, 4.69) is 6.92 Å². The maximum atomic E-state index is 12.4. The van der Waals surface area contributed by atoms with E-state index in [1.807, 2.05) is 28.8 Å². The molecule has 0 amide bonds. The van der Waals surface area contributed by atoms with Crippen LogP contribution in [0.2, 0.25) is 5.02 Å². The molecule has 2 aromatic rings. The molecule has 0 fully saturated rings. The number of benzene rings is 1. The molecule has 4 nitrogen and oxygen atoms in total. The molecule has 1 aromatic heterocycles. The zero-order valence-electron chi connectivity index (χ0n) is 22.5. The van der Waals surface area contributed by atoms with E-state index in [4.69, 9.17) is 16.3 Å². The van der Waals surface area contributed by atoms with Crippen molar-refractivity contribution in [3.63, 3.8) is 0 Å². The summed E-state index contributed by atoms with van der Waals surface area (Å²) in [5, 5.41) is 10.4. The molecular weight excluding hydrogens is 470 g/mol. The van der Waals surface area contributed by atoms with E-state index < -0.39 is 0 Å². The van der Waals surface area contributed by atoms with Crippen molar-refractivity contribution in [1.82, 2.24) is 4.57 Å². The highest BCUT2D eigenvalue weighted by Gasteiger charge is 2.08. The van der Waals surface area contributed by atoms with Gasteiger partial charge in [0.05, 0.1) is 19.4 Å².